The zero-order valence-corrected chi connectivity index (χ0v) is 13.6. The van der Waals surface area contributed by atoms with Gasteiger partial charge in [0.05, 0.1) is 6.04 Å². The average Bonchev–Trinajstić information content (AvgIpc) is 3.13. The second kappa shape index (κ2) is 6.06. The predicted octanol–water partition coefficient (Wildman–Crippen LogP) is 3.54. The zero-order chi connectivity index (χ0) is 15.7. The molecule has 0 radical (unpaired) electrons. The summed E-state index contributed by atoms with van der Waals surface area (Å²) in [6.07, 6.45) is 0.725. The van der Waals surface area contributed by atoms with Crippen LogP contribution in [0.3, 0.4) is 0 Å². The van der Waals surface area contributed by atoms with Gasteiger partial charge in [0.25, 0.3) is 0 Å². The standard InChI is InChI=1S/C14H14Cl2N6/c1-3-11-17-14(12-13(16)19-21-18-12)22(20-11)8(2)9-4-6-10(15)7-5-9/h4-8H,3H2,1-2H3,(H,18,19,21). The van der Waals surface area contributed by atoms with Gasteiger partial charge in [-0.3, -0.25) is 0 Å². The summed E-state index contributed by atoms with van der Waals surface area (Å²) < 4.78 is 1.81. The van der Waals surface area contributed by atoms with E-state index in [2.05, 4.69) is 25.5 Å². The maximum absolute atomic E-state index is 6.07. The summed E-state index contributed by atoms with van der Waals surface area (Å²) in [7, 11) is 0. The molecule has 0 aliphatic carbocycles. The molecule has 3 aromatic rings. The van der Waals surface area contributed by atoms with Crippen molar-refractivity contribution in [2.24, 2.45) is 0 Å². The van der Waals surface area contributed by atoms with Gasteiger partial charge < -0.3 is 0 Å². The van der Waals surface area contributed by atoms with Crippen LogP contribution < -0.4 is 0 Å². The van der Waals surface area contributed by atoms with E-state index in [9.17, 15) is 0 Å². The van der Waals surface area contributed by atoms with Gasteiger partial charge in [0.15, 0.2) is 22.5 Å². The summed E-state index contributed by atoms with van der Waals surface area (Å²) in [6, 6.07) is 7.61. The van der Waals surface area contributed by atoms with Crippen LogP contribution in [-0.2, 0) is 6.42 Å². The van der Waals surface area contributed by atoms with E-state index in [0.717, 1.165) is 17.8 Å². The number of aromatic amines is 1. The summed E-state index contributed by atoms with van der Waals surface area (Å²) in [6.45, 7) is 4.04. The van der Waals surface area contributed by atoms with Gasteiger partial charge >= 0.3 is 0 Å². The van der Waals surface area contributed by atoms with Crippen LogP contribution in [0.15, 0.2) is 24.3 Å². The van der Waals surface area contributed by atoms with E-state index < -0.39 is 0 Å². The summed E-state index contributed by atoms with van der Waals surface area (Å²) in [5, 5.41) is 16.0. The van der Waals surface area contributed by atoms with Crippen molar-refractivity contribution in [2.75, 3.05) is 0 Å². The fraction of sp³-hybridized carbons (Fsp3) is 0.286. The first-order valence-electron chi connectivity index (χ1n) is 6.87. The quantitative estimate of drug-likeness (QED) is 0.790. The molecule has 0 bridgehead atoms. The topological polar surface area (TPSA) is 72.3 Å². The Morgan fingerprint density at radius 3 is 2.50 bits per heavy atom. The minimum Gasteiger partial charge on any atom is -0.237 e. The van der Waals surface area contributed by atoms with E-state index in [1.165, 1.54) is 0 Å². The number of halogens is 2. The van der Waals surface area contributed by atoms with E-state index in [1.54, 1.807) is 0 Å². The van der Waals surface area contributed by atoms with Gasteiger partial charge in [0.2, 0.25) is 0 Å². The lowest BCUT2D eigenvalue weighted by atomic mass is 10.1. The Labute approximate surface area is 137 Å². The van der Waals surface area contributed by atoms with Crippen LogP contribution in [-0.4, -0.2) is 30.2 Å². The minimum absolute atomic E-state index is 0.0344. The van der Waals surface area contributed by atoms with Crippen LogP contribution in [0, 0.1) is 0 Å². The number of aryl methyl sites for hydroxylation is 1. The molecule has 2 aromatic heterocycles. The van der Waals surface area contributed by atoms with Crippen LogP contribution in [0.5, 0.6) is 0 Å². The van der Waals surface area contributed by atoms with Crippen molar-refractivity contribution < 1.29 is 0 Å². The molecule has 2 heterocycles. The first-order chi connectivity index (χ1) is 10.6. The smallest absolute Gasteiger partial charge is 0.182 e. The average molecular weight is 337 g/mol. The highest BCUT2D eigenvalue weighted by molar-refractivity contribution is 6.31. The summed E-state index contributed by atoms with van der Waals surface area (Å²) in [5.74, 6) is 1.33. The zero-order valence-electron chi connectivity index (χ0n) is 12.1. The molecule has 0 saturated carbocycles. The lowest BCUT2D eigenvalue weighted by molar-refractivity contribution is 0.563. The van der Waals surface area contributed by atoms with Crippen molar-refractivity contribution in [1.82, 2.24) is 30.2 Å². The molecule has 0 aliphatic heterocycles. The number of rotatable bonds is 4. The molecule has 1 N–H and O–H groups in total. The Bertz CT molecular complexity index is 777. The lowest BCUT2D eigenvalue weighted by Crippen LogP contribution is -2.11. The van der Waals surface area contributed by atoms with E-state index in [4.69, 9.17) is 23.2 Å². The molecule has 0 fully saturated rings. The second-order valence-electron chi connectivity index (χ2n) is 4.84. The number of nitrogens with zero attached hydrogens (tertiary/aromatic N) is 5. The monoisotopic (exact) mass is 336 g/mol. The maximum atomic E-state index is 6.07. The molecule has 6 nitrogen and oxygen atoms in total. The number of H-pyrrole nitrogens is 1. The molecule has 8 heteroatoms. The normalized spacial score (nSPS) is 12.5. The van der Waals surface area contributed by atoms with Crippen LogP contribution in [0.1, 0.15) is 31.3 Å². The molecule has 22 heavy (non-hydrogen) atoms. The predicted molar refractivity (Wildman–Crippen MR) is 85.1 cm³/mol. The van der Waals surface area contributed by atoms with Crippen molar-refractivity contribution in [3.63, 3.8) is 0 Å². The largest absolute Gasteiger partial charge is 0.237 e. The van der Waals surface area contributed by atoms with Gasteiger partial charge in [0.1, 0.15) is 0 Å². The molecule has 1 unspecified atom stereocenters. The van der Waals surface area contributed by atoms with Crippen molar-refractivity contribution in [2.45, 2.75) is 26.3 Å². The molecular weight excluding hydrogens is 323 g/mol. The van der Waals surface area contributed by atoms with Crippen LogP contribution >= 0.6 is 23.2 Å². The van der Waals surface area contributed by atoms with Crippen molar-refractivity contribution >= 4 is 23.2 Å². The third-order valence-electron chi connectivity index (χ3n) is 3.43. The Hall–Kier alpha value is -1.92. The Morgan fingerprint density at radius 1 is 1.18 bits per heavy atom. The van der Waals surface area contributed by atoms with Gasteiger partial charge in [-0.25, -0.2) is 9.67 Å². The molecule has 3 rings (SSSR count). The number of nitrogens with one attached hydrogen (secondary N) is 1. The van der Waals surface area contributed by atoms with Gasteiger partial charge in [-0.1, -0.05) is 42.3 Å². The fourth-order valence-electron chi connectivity index (χ4n) is 2.19. The lowest BCUT2D eigenvalue weighted by Gasteiger charge is -2.14. The number of hydrogen-bond donors (Lipinski definition) is 1. The number of benzene rings is 1. The third-order valence-corrected chi connectivity index (χ3v) is 3.94. The van der Waals surface area contributed by atoms with Gasteiger partial charge in [0, 0.05) is 11.4 Å². The molecular formula is C14H14Cl2N6. The summed E-state index contributed by atoms with van der Waals surface area (Å²) in [5.41, 5.74) is 1.56. The fourth-order valence-corrected chi connectivity index (χ4v) is 2.48. The molecule has 1 atom stereocenters. The number of aromatic nitrogens is 6. The van der Waals surface area contributed by atoms with Crippen LogP contribution in [0.25, 0.3) is 11.5 Å². The summed E-state index contributed by atoms with van der Waals surface area (Å²) >= 11 is 12.0. The molecule has 0 amide bonds. The first kappa shape index (κ1) is 15.0. The maximum Gasteiger partial charge on any atom is 0.182 e. The first-order valence-corrected chi connectivity index (χ1v) is 7.63. The SMILES string of the molecule is CCc1nc(-c2n[nH]nc2Cl)n(C(C)c2ccc(Cl)cc2)n1. The molecule has 0 saturated heterocycles. The Morgan fingerprint density at radius 2 is 1.91 bits per heavy atom. The highest BCUT2D eigenvalue weighted by Gasteiger charge is 2.21. The molecule has 114 valence electrons. The van der Waals surface area contributed by atoms with Crippen molar-refractivity contribution in [1.29, 1.82) is 0 Å². The van der Waals surface area contributed by atoms with Gasteiger partial charge in [-0.05, 0) is 24.6 Å². The molecule has 1 aromatic carbocycles. The molecule has 0 aliphatic rings. The van der Waals surface area contributed by atoms with Crippen LogP contribution in [0.4, 0.5) is 0 Å². The van der Waals surface area contributed by atoms with E-state index >= 15 is 0 Å². The van der Waals surface area contributed by atoms with Crippen molar-refractivity contribution in [3.8, 4) is 11.5 Å². The van der Waals surface area contributed by atoms with Crippen molar-refractivity contribution in [3.05, 3.63) is 45.8 Å². The molecule has 0 spiro atoms. The Kier molecular flexibility index (Phi) is 4.13. The number of hydrogen-bond acceptors (Lipinski definition) is 4. The van der Waals surface area contributed by atoms with Crippen LogP contribution in [0.2, 0.25) is 10.2 Å². The van der Waals surface area contributed by atoms with E-state index in [-0.39, 0.29) is 11.2 Å². The second-order valence-corrected chi connectivity index (χ2v) is 5.63. The van der Waals surface area contributed by atoms with Gasteiger partial charge in [-0.2, -0.15) is 15.4 Å². The minimum atomic E-state index is -0.0344. The van der Waals surface area contributed by atoms with E-state index in [1.807, 2.05) is 42.8 Å². The van der Waals surface area contributed by atoms with Gasteiger partial charge in [-0.15, -0.1) is 5.10 Å². The summed E-state index contributed by atoms with van der Waals surface area (Å²) in [4.78, 5) is 4.51. The Balaban J connectivity index is 2.08. The highest BCUT2D eigenvalue weighted by atomic mass is 35.5. The highest BCUT2D eigenvalue weighted by Crippen LogP contribution is 2.27. The third kappa shape index (κ3) is 2.71. The van der Waals surface area contributed by atoms with E-state index in [0.29, 0.717) is 16.5 Å².